The molecule has 0 amide bonds. The Morgan fingerprint density at radius 3 is 1.62 bits per heavy atom. The molecule has 10 rings (SSSR count). The molecular formula is C46H31N6+. The summed E-state index contributed by atoms with van der Waals surface area (Å²) >= 11 is 0. The van der Waals surface area contributed by atoms with Crippen LogP contribution in [0.3, 0.4) is 0 Å². The fraction of sp³-hybridized carbons (Fsp3) is 0. The van der Waals surface area contributed by atoms with E-state index in [1.165, 1.54) is 10.8 Å². The van der Waals surface area contributed by atoms with Crippen molar-refractivity contribution in [3.05, 3.63) is 182 Å². The third-order valence-corrected chi connectivity index (χ3v) is 9.63. The molecule has 3 aromatic heterocycles. The third-order valence-electron chi connectivity index (χ3n) is 9.63. The lowest BCUT2D eigenvalue weighted by molar-refractivity contribution is -0.554. The fourth-order valence-corrected chi connectivity index (χ4v) is 7.24. The van der Waals surface area contributed by atoms with Gasteiger partial charge < -0.3 is 4.57 Å². The molecule has 244 valence electrons. The second-order valence-corrected chi connectivity index (χ2v) is 12.8. The molecule has 0 aliphatic carbocycles. The van der Waals surface area contributed by atoms with Gasteiger partial charge in [0, 0.05) is 39.2 Å². The minimum atomic E-state index is 0.624. The third kappa shape index (κ3) is 5.05. The number of nitrogens with one attached hydrogen (secondary N) is 1. The summed E-state index contributed by atoms with van der Waals surface area (Å²) in [7, 11) is 0. The monoisotopic (exact) mass is 667 g/mol. The van der Waals surface area contributed by atoms with Crippen LogP contribution in [0.2, 0.25) is 0 Å². The standard InChI is InChI=1S/C46H30N6/c1-5-16-31(17-6-1)43-48-44(32-18-7-2-8-19-32)50-45(49-43)34-22-15-25-36(28-34)51-40-27-14-13-26-37(40)38-29-42-39(30-41(38)51)47-46(33-20-9-3-10-21-33)52(42)35-23-11-4-12-24-35/h1-30H/p+1. The predicted octanol–water partition coefficient (Wildman–Crippen LogP) is 10.4. The molecule has 1 N–H and O–H groups in total. The Balaban J connectivity index is 1.19. The highest BCUT2D eigenvalue weighted by Gasteiger charge is 2.25. The summed E-state index contributed by atoms with van der Waals surface area (Å²) in [6.07, 6.45) is 0. The second-order valence-electron chi connectivity index (χ2n) is 12.8. The van der Waals surface area contributed by atoms with Gasteiger partial charge in [0.1, 0.15) is 5.69 Å². The molecule has 0 atom stereocenters. The lowest BCUT2D eigenvalue weighted by atomic mass is 10.1. The van der Waals surface area contributed by atoms with Crippen molar-refractivity contribution in [3.8, 4) is 56.9 Å². The molecule has 0 saturated heterocycles. The number of hydrogen-bond donors (Lipinski definition) is 1. The van der Waals surface area contributed by atoms with Gasteiger partial charge in [0.05, 0.1) is 16.6 Å². The van der Waals surface area contributed by atoms with Crippen molar-refractivity contribution in [2.75, 3.05) is 0 Å². The van der Waals surface area contributed by atoms with Gasteiger partial charge in [-0.1, -0.05) is 127 Å². The van der Waals surface area contributed by atoms with E-state index in [-0.39, 0.29) is 0 Å². The molecule has 0 radical (unpaired) electrons. The first kappa shape index (κ1) is 29.7. The maximum absolute atomic E-state index is 5.02. The lowest BCUT2D eigenvalue weighted by Gasteiger charge is -2.11. The first-order valence-electron chi connectivity index (χ1n) is 17.4. The van der Waals surface area contributed by atoms with Crippen LogP contribution < -0.4 is 4.57 Å². The summed E-state index contributed by atoms with van der Waals surface area (Å²) < 4.78 is 4.67. The minimum Gasteiger partial charge on any atom is -0.309 e. The normalized spacial score (nSPS) is 11.5. The number of imidazole rings is 1. The number of aromatic amines is 1. The van der Waals surface area contributed by atoms with Gasteiger partial charge in [0.2, 0.25) is 0 Å². The molecule has 0 spiro atoms. The Kier molecular flexibility index (Phi) is 7.03. The van der Waals surface area contributed by atoms with Crippen LogP contribution in [0.25, 0.3) is 89.8 Å². The number of H-pyrrole nitrogens is 1. The fourth-order valence-electron chi connectivity index (χ4n) is 7.24. The molecule has 0 bridgehead atoms. The smallest absolute Gasteiger partial charge is 0.292 e. The first-order chi connectivity index (χ1) is 25.8. The summed E-state index contributed by atoms with van der Waals surface area (Å²) in [5, 5.41) is 2.36. The van der Waals surface area contributed by atoms with Crippen LogP contribution in [0, 0.1) is 0 Å². The Morgan fingerprint density at radius 1 is 0.423 bits per heavy atom. The van der Waals surface area contributed by atoms with E-state index in [1.807, 2.05) is 60.7 Å². The highest BCUT2D eigenvalue weighted by molar-refractivity contribution is 6.12. The van der Waals surface area contributed by atoms with Gasteiger partial charge in [0.15, 0.2) is 28.5 Å². The van der Waals surface area contributed by atoms with Crippen molar-refractivity contribution in [2.45, 2.75) is 0 Å². The van der Waals surface area contributed by atoms with Crippen molar-refractivity contribution in [3.63, 3.8) is 0 Å². The zero-order valence-electron chi connectivity index (χ0n) is 28.1. The molecule has 0 saturated carbocycles. The van der Waals surface area contributed by atoms with E-state index in [0.717, 1.165) is 61.5 Å². The van der Waals surface area contributed by atoms with Crippen LogP contribution in [0.1, 0.15) is 0 Å². The van der Waals surface area contributed by atoms with E-state index >= 15 is 0 Å². The highest BCUT2D eigenvalue weighted by atomic mass is 15.1. The Morgan fingerprint density at radius 2 is 0.962 bits per heavy atom. The SMILES string of the molecule is c1ccc(-c2nc(-c3ccccc3)nc(-c3cccc(-n4c5ccccc5c5cc6c(cc54)[nH]c(-c4ccccc4)[n+]6-c4ccccc4)c3)n2)cc1. The van der Waals surface area contributed by atoms with E-state index in [2.05, 4.69) is 135 Å². The summed E-state index contributed by atoms with van der Waals surface area (Å²) in [4.78, 5) is 18.7. The van der Waals surface area contributed by atoms with E-state index in [9.17, 15) is 0 Å². The molecule has 0 fully saturated rings. The highest BCUT2D eigenvalue weighted by Crippen LogP contribution is 2.36. The molecule has 52 heavy (non-hydrogen) atoms. The molecule has 10 aromatic rings. The summed E-state index contributed by atoms with van der Waals surface area (Å²) in [5.41, 5.74) is 10.4. The molecule has 3 heterocycles. The van der Waals surface area contributed by atoms with Gasteiger partial charge in [-0.25, -0.2) is 19.9 Å². The number of rotatable bonds is 6. The maximum atomic E-state index is 5.02. The van der Waals surface area contributed by atoms with E-state index in [4.69, 9.17) is 15.0 Å². The number of fused-ring (bicyclic) bond motifs is 4. The second kappa shape index (κ2) is 12.3. The van der Waals surface area contributed by atoms with Gasteiger partial charge in [-0.15, -0.1) is 0 Å². The Labute approximate surface area is 300 Å². The Bertz CT molecular complexity index is 2820. The molecule has 0 aliphatic heterocycles. The predicted molar refractivity (Wildman–Crippen MR) is 209 cm³/mol. The lowest BCUT2D eigenvalue weighted by Crippen LogP contribution is -2.31. The van der Waals surface area contributed by atoms with Crippen LogP contribution in [-0.4, -0.2) is 24.5 Å². The van der Waals surface area contributed by atoms with Gasteiger partial charge in [-0.2, -0.15) is 4.57 Å². The van der Waals surface area contributed by atoms with Gasteiger partial charge in [-0.3, -0.25) is 0 Å². The number of nitrogens with zero attached hydrogens (tertiary/aromatic N) is 5. The summed E-state index contributed by atoms with van der Waals surface area (Å²) in [5.74, 6) is 2.94. The minimum absolute atomic E-state index is 0.624. The molecule has 7 aromatic carbocycles. The summed E-state index contributed by atoms with van der Waals surface area (Å²) in [6.45, 7) is 0. The van der Waals surface area contributed by atoms with E-state index < -0.39 is 0 Å². The Hall–Kier alpha value is -7.18. The van der Waals surface area contributed by atoms with Crippen molar-refractivity contribution < 1.29 is 4.57 Å². The zero-order valence-corrected chi connectivity index (χ0v) is 28.1. The zero-order chi connectivity index (χ0) is 34.4. The van der Waals surface area contributed by atoms with Crippen molar-refractivity contribution in [1.82, 2.24) is 24.5 Å². The average Bonchev–Trinajstić information content (AvgIpc) is 3.76. The molecule has 6 nitrogen and oxygen atoms in total. The largest absolute Gasteiger partial charge is 0.309 e. The average molecular weight is 668 g/mol. The number of para-hydroxylation sites is 2. The molecule has 6 heteroatoms. The topological polar surface area (TPSA) is 63.3 Å². The van der Waals surface area contributed by atoms with Crippen molar-refractivity contribution in [1.29, 1.82) is 0 Å². The van der Waals surface area contributed by atoms with Gasteiger partial charge >= 0.3 is 0 Å². The van der Waals surface area contributed by atoms with Gasteiger partial charge in [0.25, 0.3) is 5.82 Å². The van der Waals surface area contributed by atoms with Crippen molar-refractivity contribution in [2.24, 2.45) is 0 Å². The number of aromatic nitrogens is 6. The van der Waals surface area contributed by atoms with Crippen molar-refractivity contribution >= 4 is 32.8 Å². The van der Waals surface area contributed by atoms with Gasteiger partial charge in [-0.05, 0) is 48.5 Å². The maximum Gasteiger partial charge on any atom is 0.292 e. The van der Waals surface area contributed by atoms with Crippen LogP contribution in [0.4, 0.5) is 0 Å². The molecule has 0 aliphatic rings. The number of hydrogen-bond acceptors (Lipinski definition) is 3. The van der Waals surface area contributed by atoms with E-state index in [0.29, 0.717) is 17.5 Å². The number of benzene rings is 7. The quantitative estimate of drug-likeness (QED) is 0.180. The molecular weight excluding hydrogens is 637 g/mol. The first-order valence-corrected chi connectivity index (χ1v) is 17.4. The van der Waals surface area contributed by atoms with Crippen LogP contribution in [0.15, 0.2) is 182 Å². The van der Waals surface area contributed by atoms with Crippen LogP contribution in [0.5, 0.6) is 0 Å². The molecule has 0 unspecified atom stereocenters. The van der Waals surface area contributed by atoms with Crippen LogP contribution >= 0.6 is 0 Å². The van der Waals surface area contributed by atoms with E-state index in [1.54, 1.807) is 0 Å². The van der Waals surface area contributed by atoms with Crippen LogP contribution in [-0.2, 0) is 0 Å². The summed E-state index contributed by atoms with van der Waals surface area (Å²) in [6, 6.07) is 63.0.